The summed E-state index contributed by atoms with van der Waals surface area (Å²) in [6.45, 7) is 7.15. The average molecular weight is 442 g/mol. The number of carbonyl (C=O) groups is 1. The van der Waals surface area contributed by atoms with Gasteiger partial charge in [0, 0.05) is 36.5 Å². The number of carbonyl (C=O) groups excluding carboxylic acids is 1. The molecule has 0 saturated carbocycles. The van der Waals surface area contributed by atoms with Gasteiger partial charge in [-0.05, 0) is 44.7 Å². The minimum atomic E-state index is -0.685. The van der Waals surface area contributed by atoms with Crippen molar-refractivity contribution in [3.05, 3.63) is 58.8 Å². The highest BCUT2D eigenvalue weighted by molar-refractivity contribution is 5.91. The molecule has 1 atom stereocenters. The van der Waals surface area contributed by atoms with E-state index in [0.29, 0.717) is 17.9 Å². The first-order valence-electron chi connectivity index (χ1n) is 10.3. The standard InChI is InChI=1S/C23H28FN5O3/c1-6-26-12-19-21(13(2)28-29(19)4)15-9-20(22(25)27-11-15)32-14(3)18-10-16(24)7-8-17(18)23(30)31-5/h7-11,14,26H,6,12H2,1-5H3,(H2,25,27). The Labute approximate surface area is 186 Å². The van der Waals surface area contributed by atoms with Crippen LogP contribution < -0.4 is 15.8 Å². The highest BCUT2D eigenvalue weighted by Gasteiger charge is 2.21. The number of benzene rings is 1. The molecular weight excluding hydrogens is 413 g/mol. The number of anilines is 1. The van der Waals surface area contributed by atoms with Crippen LogP contribution in [0.15, 0.2) is 30.5 Å². The van der Waals surface area contributed by atoms with Crippen LogP contribution in [0.4, 0.5) is 10.2 Å². The Kier molecular flexibility index (Phi) is 7.09. The zero-order chi connectivity index (χ0) is 23.4. The highest BCUT2D eigenvalue weighted by Crippen LogP contribution is 2.34. The number of pyridine rings is 1. The van der Waals surface area contributed by atoms with E-state index in [1.165, 1.54) is 25.3 Å². The lowest BCUT2D eigenvalue weighted by atomic mass is 10.0. The van der Waals surface area contributed by atoms with E-state index in [2.05, 4.69) is 15.4 Å². The van der Waals surface area contributed by atoms with E-state index in [-0.39, 0.29) is 11.4 Å². The van der Waals surface area contributed by atoms with Crippen molar-refractivity contribution in [3.63, 3.8) is 0 Å². The molecule has 32 heavy (non-hydrogen) atoms. The summed E-state index contributed by atoms with van der Waals surface area (Å²) >= 11 is 0. The van der Waals surface area contributed by atoms with Crippen molar-refractivity contribution in [1.82, 2.24) is 20.1 Å². The number of hydrogen-bond donors (Lipinski definition) is 2. The Morgan fingerprint density at radius 3 is 2.78 bits per heavy atom. The van der Waals surface area contributed by atoms with E-state index in [1.807, 2.05) is 25.6 Å². The van der Waals surface area contributed by atoms with E-state index < -0.39 is 17.9 Å². The van der Waals surface area contributed by atoms with Gasteiger partial charge in [0.05, 0.1) is 24.1 Å². The predicted octanol–water partition coefficient (Wildman–Crippen LogP) is 3.55. The third-order valence-electron chi connectivity index (χ3n) is 5.21. The summed E-state index contributed by atoms with van der Waals surface area (Å²) in [5.74, 6) is -0.546. The van der Waals surface area contributed by atoms with Crippen molar-refractivity contribution in [2.75, 3.05) is 19.4 Å². The van der Waals surface area contributed by atoms with E-state index in [1.54, 1.807) is 19.2 Å². The molecule has 0 radical (unpaired) electrons. The first-order valence-corrected chi connectivity index (χ1v) is 10.3. The SMILES string of the molecule is CCNCc1c(-c2cnc(N)c(OC(C)c3cc(F)ccc3C(=O)OC)c2)c(C)nn1C. The molecule has 1 unspecified atom stereocenters. The molecule has 3 aromatic rings. The highest BCUT2D eigenvalue weighted by atomic mass is 19.1. The summed E-state index contributed by atoms with van der Waals surface area (Å²) in [5, 5.41) is 7.85. The van der Waals surface area contributed by atoms with Gasteiger partial charge in [-0.1, -0.05) is 6.92 Å². The van der Waals surface area contributed by atoms with E-state index in [9.17, 15) is 9.18 Å². The fourth-order valence-electron chi connectivity index (χ4n) is 3.63. The molecule has 0 spiro atoms. The quantitative estimate of drug-likeness (QED) is 0.515. The van der Waals surface area contributed by atoms with Gasteiger partial charge >= 0.3 is 5.97 Å². The fraction of sp³-hybridized carbons (Fsp3) is 0.348. The summed E-state index contributed by atoms with van der Waals surface area (Å²) in [4.78, 5) is 16.4. The number of ether oxygens (including phenoxy) is 2. The molecule has 170 valence electrons. The number of esters is 1. The Bertz CT molecular complexity index is 1130. The summed E-state index contributed by atoms with van der Waals surface area (Å²) in [6.07, 6.45) is 0.990. The molecule has 8 nitrogen and oxygen atoms in total. The van der Waals surface area contributed by atoms with Gasteiger partial charge in [-0.25, -0.2) is 14.2 Å². The van der Waals surface area contributed by atoms with E-state index in [4.69, 9.17) is 15.2 Å². The number of methoxy groups -OCH3 is 1. The van der Waals surface area contributed by atoms with Crippen LogP contribution in [0, 0.1) is 12.7 Å². The van der Waals surface area contributed by atoms with Crippen molar-refractivity contribution in [2.45, 2.75) is 33.4 Å². The number of hydrogen-bond acceptors (Lipinski definition) is 7. The Morgan fingerprint density at radius 2 is 2.09 bits per heavy atom. The normalized spacial score (nSPS) is 11.9. The number of halogens is 1. The smallest absolute Gasteiger partial charge is 0.338 e. The molecule has 1 aromatic carbocycles. The molecule has 0 amide bonds. The van der Waals surface area contributed by atoms with Crippen molar-refractivity contribution >= 4 is 11.8 Å². The van der Waals surface area contributed by atoms with Gasteiger partial charge in [0.25, 0.3) is 0 Å². The minimum Gasteiger partial charge on any atom is -0.482 e. The fourth-order valence-corrected chi connectivity index (χ4v) is 3.63. The minimum absolute atomic E-state index is 0.186. The second kappa shape index (κ2) is 9.78. The van der Waals surface area contributed by atoms with Crippen molar-refractivity contribution in [2.24, 2.45) is 7.05 Å². The Morgan fingerprint density at radius 1 is 1.34 bits per heavy atom. The van der Waals surface area contributed by atoms with Crippen LogP contribution in [0.2, 0.25) is 0 Å². The molecule has 0 aliphatic rings. The zero-order valence-corrected chi connectivity index (χ0v) is 18.9. The van der Waals surface area contributed by atoms with Crippen LogP contribution >= 0.6 is 0 Å². The maximum atomic E-state index is 13.9. The molecule has 0 bridgehead atoms. The van der Waals surface area contributed by atoms with Crippen LogP contribution in [0.5, 0.6) is 5.75 Å². The number of nitrogen functional groups attached to an aromatic ring is 1. The molecule has 0 aliphatic heterocycles. The summed E-state index contributed by atoms with van der Waals surface area (Å²) in [6, 6.07) is 5.62. The van der Waals surface area contributed by atoms with Crippen LogP contribution in [-0.4, -0.2) is 34.4 Å². The van der Waals surface area contributed by atoms with Gasteiger partial charge < -0.3 is 20.5 Å². The second-order valence-corrected chi connectivity index (χ2v) is 7.40. The van der Waals surface area contributed by atoms with Crippen LogP contribution in [0.1, 0.15) is 47.3 Å². The number of nitrogens with two attached hydrogens (primary N) is 1. The lowest BCUT2D eigenvalue weighted by molar-refractivity contribution is 0.0595. The van der Waals surface area contributed by atoms with Gasteiger partial charge in [-0.15, -0.1) is 0 Å². The van der Waals surface area contributed by atoms with E-state index in [0.717, 1.165) is 29.1 Å². The third-order valence-corrected chi connectivity index (χ3v) is 5.21. The van der Waals surface area contributed by atoms with Gasteiger partial charge in [-0.2, -0.15) is 5.10 Å². The molecule has 0 saturated heterocycles. The van der Waals surface area contributed by atoms with Crippen molar-refractivity contribution in [1.29, 1.82) is 0 Å². The maximum Gasteiger partial charge on any atom is 0.338 e. The van der Waals surface area contributed by atoms with Gasteiger partial charge in [-0.3, -0.25) is 4.68 Å². The first kappa shape index (κ1) is 23.2. The number of aryl methyl sites for hydroxylation is 2. The van der Waals surface area contributed by atoms with Crippen molar-refractivity contribution < 1.29 is 18.7 Å². The largest absolute Gasteiger partial charge is 0.482 e. The molecule has 0 aliphatic carbocycles. The average Bonchev–Trinajstić information content (AvgIpc) is 3.05. The second-order valence-electron chi connectivity index (χ2n) is 7.40. The lowest BCUT2D eigenvalue weighted by Crippen LogP contribution is -2.15. The Balaban J connectivity index is 1.98. The molecule has 2 aromatic heterocycles. The zero-order valence-electron chi connectivity index (χ0n) is 18.9. The van der Waals surface area contributed by atoms with Gasteiger partial charge in [0.1, 0.15) is 11.9 Å². The molecule has 3 rings (SSSR count). The number of rotatable bonds is 8. The van der Waals surface area contributed by atoms with Crippen LogP contribution in [0.3, 0.4) is 0 Å². The van der Waals surface area contributed by atoms with Gasteiger partial charge in [0.2, 0.25) is 0 Å². The Hall–Kier alpha value is -3.46. The first-order chi connectivity index (χ1) is 15.3. The molecule has 3 N–H and O–H groups in total. The lowest BCUT2D eigenvalue weighted by Gasteiger charge is -2.19. The topological polar surface area (TPSA) is 104 Å². The monoisotopic (exact) mass is 441 g/mol. The number of nitrogens with zero attached hydrogens (tertiary/aromatic N) is 3. The van der Waals surface area contributed by atoms with Gasteiger partial charge in [0.15, 0.2) is 11.6 Å². The summed E-state index contributed by atoms with van der Waals surface area (Å²) in [5.41, 5.74) is 10.3. The molecule has 2 heterocycles. The summed E-state index contributed by atoms with van der Waals surface area (Å²) in [7, 11) is 3.17. The van der Waals surface area contributed by atoms with Crippen LogP contribution in [0.25, 0.3) is 11.1 Å². The van der Waals surface area contributed by atoms with E-state index >= 15 is 0 Å². The third kappa shape index (κ3) is 4.72. The molecule has 0 fully saturated rings. The number of nitrogens with one attached hydrogen (secondary N) is 1. The maximum absolute atomic E-state index is 13.9. The summed E-state index contributed by atoms with van der Waals surface area (Å²) < 4.78 is 26.6. The molecule has 9 heteroatoms. The van der Waals surface area contributed by atoms with Crippen molar-refractivity contribution in [3.8, 4) is 16.9 Å². The predicted molar refractivity (Wildman–Crippen MR) is 120 cm³/mol. The molecular formula is C23H28FN5O3. The number of aromatic nitrogens is 3. The van der Waals surface area contributed by atoms with Crippen LogP contribution in [-0.2, 0) is 18.3 Å².